The van der Waals surface area contributed by atoms with Crippen molar-refractivity contribution < 1.29 is 19.4 Å². The summed E-state index contributed by atoms with van der Waals surface area (Å²) in [7, 11) is 0. The zero-order valence-corrected chi connectivity index (χ0v) is 18.0. The van der Waals surface area contributed by atoms with E-state index in [-0.39, 0.29) is 24.3 Å². The first-order valence-corrected chi connectivity index (χ1v) is 10.8. The molecule has 2 aliphatic rings. The van der Waals surface area contributed by atoms with E-state index in [9.17, 15) is 14.7 Å². The Morgan fingerprint density at radius 3 is 2.52 bits per heavy atom. The Labute approximate surface area is 182 Å². The van der Waals surface area contributed by atoms with Gasteiger partial charge in [-0.15, -0.1) is 0 Å². The van der Waals surface area contributed by atoms with Crippen LogP contribution in [0.4, 0.5) is 5.69 Å². The fraction of sp³-hybridized carbons (Fsp3) is 0.360. The summed E-state index contributed by atoms with van der Waals surface area (Å²) in [6, 6.07) is 14.8. The van der Waals surface area contributed by atoms with E-state index in [4.69, 9.17) is 4.74 Å². The number of benzene rings is 2. The molecule has 0 aromatic heterocycles. The van der Waals surface area contributed by atoms with Crippen LogP contribution in [0.15, 0.2) is 54.2 Å². The first-order valence-electron chi connectivity index (χ1n) is 10.8. The van der Waals surface area contributed by atoms with Crippen molar-refractivity contribution in [2.45, 2.75) is 26.7 Å². The van der Waals surface area contributed by atoms with Gasteiger partial charge in [-0.25, -0.2) is 4.90 Å². The van der Waals surface area contributed by atoms with Crippen LogP contribution in [0.5, 0.6) is 5.75 Å². The molecule has 0 bridgehead atoms. The second-order valence-electron chi connectivity index (χ2n) is 8.07. The highest BCUT2D eigenvalue weighted by atomic mass is 16.5. The van der Waals surface area contributed by atoms with Crippen LogP contribution in [0.25, 0.3) is 5.57 Å². The van der Waals surface area contributed by atoms with Crippen LogP contribution in [0, 0.1) is 12.8 Å². The van der Waals surface area contributed by atoms with E-state index in [0.717, 1.165) is 24.0 Å². The molecule has 1 saturated heterocycles. The Morgan fingerprint density at radius 2 is 1.81 bits per heavy atom. The fourth-order valence-corrected chi connectivity index (χ4v) is 4.35. The standard InChI is InChI=1S/C25H28N2O4/c1-3-31-21-9-5-4-8-20(21)27-24(29)22(19-12-10-17(2)11-13-19)23(25(27)30)26-14-6-7-18(15-26)16-28/h4-5,8-13,18,28H,3,6-7,14-16H2,1-2H3. The molecule has 2 aromatic rings. The average molecular weight is 421 g/mol. The van der Waals surface area contributed by atoms with Crippen molar-refractivity contribution in [1.29, 1.82) is 0 Å². The molecule has 2 aliphatic heterocycles. The van der Waals surface area contributed by atoms with Gasteiger partial charge in [-0.2, -0.15) is 0 Å². The molecule has 0 aliphatic carbocycles. The maximum atomic E-state index is 13.7. The third-order valence-corrected chi connectivity index (χ3v) is 5.90. The normalized spacial score (nSPS) is 19.4. The van der Waals surface area contributed by atoms with E-state index in [1.807, 2.05) is 49.1 Å². The van der Waals surface area contributed by atoms with Crippen molar-refractivity contribution in [2.75, 3.05) is 31.2 Å². The second kappa shape index (κ2) is 8.94. The van der Waals surface area contributed by atoms with E-state index < -0.39 is 0 Å². The molecular formula is C25H28N2O4. The summed E-state index contributed by atoms with van der Waals surface area (Å²) < 4.78 is 5.71. The molecule has 0 radical (unpaired) electrons. The molecule has 31 heavy (non-hydrogen) atoms. The molecule has 1 N–H and O–H groups in total. The van der Waals surface area contributed by atoms with Gasteiger partial charge in [0.25, 0.3) is 11.8 Å². The highest BCUT2D eigenvalue weighted by Gasteiger charge is 2.44. The van der Waals surface area contributed by atoms with Gasteiger partial charge < -0.3 is 14.7 Å². The number of aliphatic hydroxyl groups is 1. The Bertz CT molecular complexity index is 1010. The summed E-state index contributed by atoms with van der Waals surface area (Å²) in [4.78, 5) is 30.6. The molecule has 4 rings (SSSR count). The van der Waals surface area contributed by atoms with Crippen LogP contribution in [0.1, 0.15) is 30.9 Å². The number of nitrogens with zero attached hydrogens (tertiary/aromatic N) is 2. The van der Waals surface area contributed by atoms with Gasteiger partial charge in [-0.1, -0.05) is 42.0 Å². The van der Waals surface area contributed by atoms with E-state index in [2.05, 4.69) is 0 Å². The van der Waals surface area contributed by atoms with E-state index in [0.29, 0.717) is 42.4 Å². The molecule has 1 unspecified atom stereocenters. The monoisotopic (exact) mass is 420 g/mol. The van der Waals surface area contributed by atoms with E-state index in [1.165, 1.54) is 4.90 Å². The van der Waals surface area contributed by atoms with Crippen LogP contribution in [0.2, 0.25) is 0 Å². The number of carbonyl (C=O) groups is 2. The van der Waals surface area contributed by atoms with Crippen LogP contribution in [-0.4, -0.2) is 48.1 Å². The number of carbonyl (C=O) groups excluding carboxylic acids is 2. The molecule has 2 aromatic carbocycles. The maximum Gasteiger partial charge on any atom is 0.282 e. The number of para-hydroxylation sites is 2. The van der Waals surface area contributed by atoms with E-state index >= 15 is 0 Å². The number of aryl methyl sites for hydroxylation is 1. The number of anilines is 1. The number of aliphatic hydroxyl groups excluding tert-OH is 1. The topological polar surface area (TPSA) is 70.1 Å². The molecule has 2 amide bonds. The smallest absolute Gasteiger partial charge is 0.282 e. The lowest BCUT2D eigenvalue weighted by atomic mass is 9.96. The minimum Gasteiger partial charge on any atom is -0.492 e. The molecule has 6 heteroatoms. The zero-order chi connectivity index (χ0) is 22.0. The summed E-state index contributed by atoms with van der Waals surface area (Å²) in [5.74, 6) is -0.0929. The predicted molar refractivity (Wildman–Crippen MR) is 120 cm³/mol. The predicted octanol–water partition coefficient (Wildman–Crippen LogP) is 3.38. The van der Waals surface area contributed by atoms with Gasteiger partial charge in [0.1, 0.15) is 11.4 Å². The summed E-state index contributed by atoms with van der Waals surface area (Å²) in [6.45, 7) is 5.60. The van der Waals surface area contributed by atoms with Crippen molar-refractivity contribution in [3.05, 3.63) is 65.4 Å². The number of ether oxygens (including phenoxy) is 1. The number of hydrogen-bond donors (Lipinski definition) is 1. The average Bonchev–Trinajstić information content (AvgIpc) is 3.05. The Hall–Kier alpha value is -3.12. The number of amides is 2. The molecule has 0 spiro atoms. The van der Waals surface area contributed by atoms with Crippen molar-refractivity contribution in [1.82, 2.24) is 4.90 Å². The largest absolute Gasteiger partial charge is 0.492 e. The lowest BCUT2D eigenvalue weighted by molar-refractivity contribution is -0.120. The maximum absolute atomic E-state index is 13.7. The Balaban J connectivity index is 1.82. The summed E-state index contributed by atoms with van der Waals surface area (Å²) in [6.07, 6.45) is 1.78. The first kappa shape index (κ1) is 21.1. The van der Waals surface area contributed by atoms with Gasteiger partial charge in [0, 0.05) is 19.7 Å². The highest BCUT2D eigenvalue weighted by molar-refractivity contribution is 6.45. The Morgan fingerprint density at radius 1 is 1.06 bits per heavy atom. The summed E-state index contributed by atoms with van der Waals surface area (Å²) in [5.41, 5.74) is 3.09. The van der Waals surface area contributed by atoms with Gasteiger partial charge >= 0.3 is 0 Å². The Kier molecular flexibility index (Phi) is 6.09. The molecule has 2 heterocycles. The third-order valence-electron chi connectivity index (χ3n) is 5.90. The highest BCUT2D eigenvalue weighted by Crippen LogP contribution is 2.39. The third kappa shape index (κ3) is 3.95. The molecule has 1 fully saturated rings. The van der Waals surface area contributed by atoms with Crippen molar-refractivity contribution in [3.8, 4) is 5.75 Å². The fourth-order valence-electron chi connectivity index (χ4n) is 4.35. The van der Waals surface area contributed by atoms with Gasteiger partial charge in [-0.05, 0) is 50.3 Å². The van der Waals surface area contributed by atoms with Crippen LogP contribution >= 0.6 is 0 Å². The first-order chi connectivity index (χ1) is 15.0. The number of hydrogen-bond acceptors (Lipinski definition) is 5. The molecule has 1 atom stereocenters. The van der Waals surface area contributed by atoms with Crippen molar-refractivity contribution in [3.63, 3.8) is 0 Å². The minimum absolute atomic E-state index is 0.0721. The molecule has 162 valence electrons. The van der Waals surface area contributed by atoms with Crippen molar-refractivity contribution in [2.24, 2.45) is 5.92 Å². The zero-order valence-electron chi connectivity index (χ0n) is 18.0. The number of rotatable bonds is 6. The molecular weight excluding hydrogens is 392 g/mol. The minimum atomic E-state index is -0.345. The number of imide groups is 1. The van der Waals surface area contributed by atoms with Gasteiger partial charge in [0.2, 0.25) is 0 Å². The van der Waals surface area contributed by atoms with E-state index in [1.54, 1.807) is 18.2 Å². The lowest BCUT2D eigenvalue weighted by Crippen LogP contribution is -2.40. The van der Waals surface area contributed by atoms with Gasteiger partial charge in [0.15, 0.2) is 0 Å². The van der Waals surface area contributed by atoms with Crippen LogP contribution in [-0.2, 0) is 9.59 Å². The summed E-state index contributed by atoms with van der Waals surface area (Å²) in [5, 5.41) is 9.69. The second-order valence-corrected chi connectivity index (χ2v) is 8.07. The van der Waals surface area contributed by atoms with Gasteiger partial charge in [0.05, 0.1) is 17.9 Å². The SMILES string of the molecule is CCOc1ccccc1N1C(=O)C(c2ccc(C)cc2)=C(N2CCCC(CO)C2)C1=O. The molecule has 0 saturated carbocycles. The lowest BCUT2D eigenvalue weighted by Gasteiger charge is -2.34. The number of piperidine rings is 1. The van der Waals surface area contributed by atoms with Gasteiger partial charge in [-0.3, -0.25) is 9.59 Å². The molecule has 6 nitrogen and oxygen atoms in total. The quantitative estimate of drug-likeness (QED) is 0.726. The number of likely N-dealkylation sites (tertiary alicyclic amines) is 1. The van der Waals surface area contributed by atoms with Crippen LogP contribution < -0.4 is 9.64 Å². The van der Waals surface area contributed by atoms with Crippen molar-refractivity contribution >= 4 is 23.1 Å². The summed E-state index contributed by atoms with van der Waals surface area (Å²) >= 11 is 0. The van der Waals surface area contributed by atoms with Crippen LogP contribution in [0.3, 0.4) is 0 Å².